The third-order valence-electron chi connectivity index (χ3n) is 3.75. The molecule has 150 valence electrons. The van der Waals surface area contributed by atoms with Crippen LogP contribution in [0.2, 0.25) is 5.02 Å². The summed E-state index contributed by atoms with van der Waals surface area (Å²) >= 11 is 6.00. The molecule has 28 heavy (non-hydrogen) atoms. The van der Waals surface area contributed by atoms with Crippen molar-refractivity contribution in [1.29, 1.82) is 0 Å². The third-order valence-corrected chi connectivity index (χ3v) is 3.98. The van der Waals surface area contributed by atoms with Gasteiger partial charge in [-0.2, -0.15) is 4.98 Å². The largest absolute Gasteiger partial charge is 0.444 e. The van der Waals surface area contributed by atoms with E-state index < -0.39 is 0 Å². The molecule has 0 spiro atoms. The molecule has 0 aliphatic carbocycles. The van der Waals surface area contributed by atoms with Crippen LogP contribution in [0.4, 0.5) is 0 Å². The van der Waals surface area contributed by atoms with Gasteiger partial charge in [-0.3, -0.25) is 0 Å². The molecule has 10 heteroatoms. The van der Waals surface area contributed by atoms with Crippen molar-refractivity contribution in [2.24, 2.45) is 4.99 Å². The molecule has 8 nitrogen and oxygen atoms in total. The van der Waals surface area contributed by atoms with Crippen molar-refractivity contribution < 1.29 is 8.94 Å². The predicted octanol–water partition coefficient (Wildman–Crippen LogP) is 3.87. The standard InChI is InChI=1S/C18H21ClN6O2.HI/c1-4-20-18(21-9-15-23-11(2)12(3)26-15)22-10-16-24-17(25-27-16)13-6-5-7-14(19)8-13;/h5-8H,4,9-10H2,1-3H3,(H2,20,21,22);1H. The number of guanidine groups is 1. The average Bonchev–Trinajstić information content (AvgIpc) is 3.24. The molecule has 1 aromatic carbocycles. The molecule has 0 radical (unpaired) electrons. The number of hydrogen-bond donors (Lipinski definition) is 2. The first-order valence-corrected chi connectivity index (χ1v) is 8.96. The minimum atomic E-state index is 0. The smallest absolute Gasteiger partial charge is 0.248 e. The van der Waals surface area contributed by atoms with Gasteiger partial charge in [-0.25, -0.2) is 9.98 Å². The highest BCUT2D eigenvalue weighted by molar-refractivity contribution is 14.0. The minimum absolute atomic E-state index is 0. The minimum Gasteiger partial charge on any atom is -0.444 e. The number of hydrogen-bond acceptors (Lipinski definition) is 6. The summed E-state index contributed by atoms with van der Waals surface area (Å²) in [7, 11) is 0. The van der Waals surface area contributed by atoms with Crippen LogP contribution in [0.15, 0.2) is 38.2 Å². The van der Waals surface area contributed by atoms with Crippen LogP contribution in [0.3, 0.4) is 0 Å². The van der Waals surface area contributed by atoms with E-state index >= 15 is 0 Å². The summed E-state index contributed by atoms with van der Waals surface area (Å²) in [5, 5.41) is 10.9. The van der Waals surface area contributed by atoms with Gasteiger partial charge >= 0.3 is 0 Å². The highest BCUT2D eigenvalue weighted by Gasteiger charge is 2.10. The fraction of sp³-hybridized carbons (Fsp3) is 0.333. The van der Waals surface area contributed by atoms with Crippen molar-refractivity contribution in [3.8, 4) is 11.4 Å². The van der Waals surface area contributed by atoms with Crippen molar-refractivity contribution in [2.75, 3.05) is 6.54 Å². The molecule has 0 aliphatic heterocycles. The number of aliphatic imine (C=N–C) groups is 1. The Hall–Kier alpha value is -2.14. The van der Waals surface area contributed by atoms with Gasteiger partial charge < -0.3 is 19.6 Å². The first-order chi connectivity index (χ1) is 13.0. The summed E-state index contributed by atoms with van der Waals surface area (Å²) in [4.78, 5) is 13.2. The van der Waals surface area contributed by atoms with Crippen LogP contribution in [-0.4, -0.2) is 27.6 Å². The van der Waals surface area contributed by atoms with E-state index in [0.29, 0.717) is 41.7 Å². The number of aromatic nitrogens is 3. The van der Waals surface area contributed by atoms with E-state index in [-0.39, 0.29) is 30.5 Å². The van der Waals surface area contributed by atoms with Crippen LogP contribution in [0.5, 0.6) is 0 Å². The molecule has 0 saturated carbocycles. The molecule has 0 saturated heterocycles. The molecule has 0 unspecified atom stereocenters. The highest BCUT2D eigenvalue weighted by atomic mass is 127. The Morgan fingerprint density at radius 2 is 2.00 bits per heavy atom. The molecule has 0 bridgehead atoms. The van der Waals surface area contributed by atoms with Crippen LogP contribution in [0, 0.1) is 13.8 Å². The van der Waals surface area contributed by atoms with Gasteiger partial charge in [0.25, 0.3) is 0 Å². The molecule has 3 rings (SSSR count). The average molecular weight is 517 g/mol. The lowest BCUT2D eigenvalue weighted by molar-refractivity contribution is 0.380. The summed E-state index contributed by atoms with van der Waals surface area (Å²) in [6.07, 6.45) is 0. The zero-order valence-electron chi connectivity index (χ0n) is 15.8. The Bertz CT molecular complexity index is 920. The molecule has 2 aromatic heterocycles. The number of nitrogens with zero attached hydrogens (tertiary/aromatic N) is 4. The quantitative estimate of drug-likeness (QED) is 0.291. The van der Waals surface area contributed by atoms with Crippen molar-refractivity contribution in [2.45, 2.75) is 33.9 Å². The lowest BCUT2D eigenvalue weighted by atomic mass is 10.2. The van der Waals surface area contributed by atoms with Crippen LogP contribution in [-0.2, 0) is 13.1 Å². The zero-order chi connectivity index (χ0) is 19.2. The van der Waals surface area contributed by atoms with E-state index in [1.165, 1.54) is 0 Å². The van der Waals surface area contributed by atoms with Crippen molar-refractivity contribution in [3.05, 3.63) is 52.5 Å². The summed E-state index contributed by atoms with van der Waals surface area (Å²) in [6, 6.07) is 7.29. The molecule has 2 heterocycles. The first kappa shape index (κ1) is 22.2. The second kappa shape index (κ2) is 10.4. The number of aryl methyl sites for hydroxylation is 2. The lowest BCUT2D eigenvalue weighted by Gasteiger charge is -2.08. The summed E-state index contributed by atoms with van der Waals surface area (Å²) < 4.78 is 10.8. The Labute approximate surface area is 185 Å². The second-order valence-electron chi connectivity index (χ2n) is 5.82. The van der Waals surface area contributed by atoms with Crippen molar-refractivity contribution in [3.63, 3.8) is 0 Å². The molecule has 3 aromatic rings. The number of oxazole rings is 1. The van der Waals surface area contributed by atoms with Crippen molar-refractivity contribution >= 4 is 41.5 Å². The number of rotatable bonds is 6. The van der Waals surface area contributed by atoms with E-state index in [0.717, 1.165) is 17.0 Å². The lowest BCUT2D eigenvalue weighted by Crippen LogP contribution is -2.36. The van der Waals surface area contributed by atoms with Gasteiger partial charge in [-0.05, 0) is 32.9 Å². The topological polar surface area (TPSA) is 101 Å². The number of halogens is 2. The van der Waals surface area contributed by atoms with E-state index in [1.54, 1.807) is 12.1 Å². The van der Waals surface area contributed by atoms with Gasteiger partial charge in [-0.1, -0.05) is 28.9 Å². The normalized spacial score (nSPS) is 11.2. The van der Waals surface area contributed by atoms with E-state index in [1.807, 2.05) is 32.9 Å². The summed E-state index contributed by atoms with van der Waals surface area (Å²) in [6.45, 7) is 7.17. The van der Waals surface area contributed by atoms with Gasteiger partial charge in [0.15, 0.2) is 5.96 Å². The molecular formula is C18H22ClIN6O2. The van der Waals surface area contributed by atoms with E-state index in [9.17, 15) is 0 Å². The van der Waals surface area contributed by atoms with Crippen molar-refractivity contribution in [1.82, 2.24) is 25.8 Å². The fourth-order valence-electron chi connectivity index (χ4n) is 2.33. The Morgan fingerprint density at radius 3 is 2.68 bits per heavy atom. The SMILES string of the molecule is CCNC(=NCc1nc(-c2cccc(Cl)c2)no1)NCc1nc(C)c(C)o1.I. The second-order valence-corrected chi connectivity index (χ2v) is 6.26. The van der Waals surface area contributed by atoms with E-state index in [2.05, 4.69) is 30.8 Å². The summed E-state index contributed by atoms with van der Waals surface area (Å²) in [5.74, 6) is 2.91. The van der Waals surface area contributed by atoms with Gasteiger partial charge in [-0.15, -0.1) is 24.0 Å². The Morgan fingerprint density at radius 1 is 1.18 bits per heavy atom. The van der Waals surface area contributed by atoms with Gasteiger partial charge in [0.2, 0.25) is 17.6 Å². The molecule has 0 aliphatic rings. The maximum Gasteiger partial charge on any atom is 0.248 e. The number of benzene rings is 1. The van der Waals surface area contributed by atoms with Crippen LogP contribution in [0.25, 0.3) is 11.4 Å². The molecule has 0 amide bonds. The molecular weight excluding hydrogens is 495 g/mol. The zero-order valence-corrected chi connectivity index (χ0v) is 18.9. The van der Waals surface area contributed by atoms with Crippen LogP contribution < -0.4 is 10.6 Å². The van der Waals surface area contributed by atoms with Gasteiger partial charge in [0.05, 0.1) is 12.2 Å². The molecule has 2 N–H and O–H groups in total. The van der Waals surface area contributed by atoms with Gasteiger partial charge in [0, 0.05) is 17.1 Å². The monoisotopic (exact) mass is 516 g/mol. The maximum absolute atomic E-state index is 6.00. The molecule has 0 atom stereocenters. The first-order valence-electron chi connectivity index (χ1n) is 8.58. The van der Waals surface area contributed by atoms with E-state index in [4.69, 9.17) is 20.5 Å². The third kappa shape index (κ3) is 5.93. The summed E-state index contributed by atoms with van der Waals surface area (Å²) in [5.41, 5.74) is 1.68. The molecule has 0 fully saturated rings. The highest BCUT2D eigenvalue weighted by Crippen LogP contribution is 2.20. The van der Waals surface area contributed by atoms with Crippen LogP contribution in [0.1, 0.15) is 30.2 Å². The predicted molar refractivity (Wildman–Crippen MR) is 118 cm³/mol. The number of nitrogens with one attached hydrogen (secondary N) is 2. The van der Waals surface area contributed by atoms with Gasteiger partial charge in [0.1, 0.15) is 12.3 Å². The fourth-order valence-corrected chi connectivity index (χ4v) is 2.52. The van der Waals surface area contributed by atoms with Crippen LogP contribution >= 0.6 is 35.6 Å². The Balaban J connectivity index is 0.00000280. The Kier molecular flexibility index (Phi) is 8.24. The maximum atomic E-state index is 6.00.